The average Bonchev–Trinajstić information content (AvgIpc) is 2.68. The number of methoxy groups -OCH3 is 3. The summed E-state index contributed by atoms with van der Waals surface area (Å²) in [6.07, 6.45) is 0. The number of aromatic hydroxyl groups is 2. The molecule has 3 N–H and O–H groups in total. The summed E-state index contributed by atoms with van der Waals surface area (Å²) in [5, 5.41) is 20.0. The first-order valence-electron chi connectivity index (χ1n) is 8.10. The van der Waals surface area contributed by atoms with Crippen LogP contribution in [0.25, 0.3) is 22.3 Å². The number of phenolic OH excluding ortho intramolecular Hbond substituents is 2. The summed E-state index contributed by atoms with van der Waals surface area (Å²) in [5.74, 6) is -2.51. The van der Waals surface area contributed by atoms with Gasteiger partial charge < -0.3 is 33.0 Å². The molecule has 1 heterocycles. The van der Waals surface area contributed by atoms with E-state index in [0.717, 1.165) is 6.07 Å². The maximum atomic E-state index is 13.0. The van der Waals surface area contributed by atoms with Crippen molar-refractivity contribution in [3.05, 3.63) is 34.5 Å². The van der Waals surface area contributed by atoms with Crippen LogP contribution < -0.4 is 23.8 Å². The summed E-state index contributed by atoms with van der Waals surface area (Å²) in [6.45, 7) is 0. The fraction of sp³-hybridized carbons (Fsp3) is 0.167. The standard InChI is InChI=1S/C18H16O11S/c1-25-10-5-4-8(6-9(10)19)16-18(29-30(22,23)24)15(21)13-11(28-16)7-12(26-2)17(27-3)14(13)20/h4-7,19-20H,1-3H3,(H,22,23,24). The highest BCUT2D eigenvalue weighted by molar-refractivity contribution is 7.81. The van der Waals surface area contributed by atoms with Gasteiger partial charge in [0, 0.05) is 11.6 Å². The third kappa shape index (κ3) is 3.65. The van der Waals surface area contributed by atoms with Crippen molar-refractivity contribution in [2.24, 2.45) is 0 Å². The number of phenols is 2. The smallest absolute Gasteiger partial charge is 0.446 e. The molecular weight excluding hydrogens is 424 g/mol. The fourth-order valence-corrected chi connectivity index (χ4v) is 3.19. The summed E-state index contributed by atoms with van der Waals surface area (Å²) in [7, 11) is -1.32. The molecule has 0 aliphatic carbocycles. The molecule has 30 heavy (non-hydrogen) atoms. The highest BCUT2D eigenvalue weighted by Crippen LogP contribution is 2.44. The van der Waals surface area contributed by atoms with E-state index in [1.807, 2.05) is 0 Å². The molecule has 0 atom stereocenters. The topological polar surface area (TPSA) is 162 Å². The van der Waals surface area contributed by atoms with Gasteiger partial charge in [-0.2, -0.15) is 8.42 Å². The van der Waals surface area contributed by atoms with Gasteiger partial charge in [0.05, 0.1) is 21.3 Å². The van der Waals surface area contributed by atoms with Gasteiger partial charge in [0.2, 0.25) is 16.9 Å². The molecule has 0 amide bonds. The van der Waals surface area contributed by atoms with E-state index in [0.29, 0.717) is 0 Å². The predicted octanol–water partition coefficient (Wildman–Crippen LogP) is 2.08. The van der Waals surface area contributed by atoms with Crippen LogP contribution >= 0.6 is 0 Å². The molecule has 160 valence electrons. The quantitative estimate of drug-likeness (QED) is 0.481. The van der Waals surface area contributed by atoms with Crippen molar-refractivity contribution in [3.63, 3.8) is 0 Å². The summed E-state index contributed by atoms with van der Waals surface area (Å²) < 4.78 is 56.9. The number of hydrogen-bond donors (Lipinski definition) is 3. The highest BCUT2D eigenvalue weighted by atomic mass is 32.3. The molecule has 0 saturated carbocycles. The Labute approximate surface area is 169 Å². The molecule has 0 aliphatic rings. The van der Waals surface area contributed by atoms with E-state index < -0.39 is 38.5 Å². The lowest BCUT2D eigenvalue weighted by atomic mass is 10.1. The first-order chi connectivity index (χ1) is 14.1. The van der Waals surface area contributed by atoms with Crippen molar-refractivity contribution >= 4 is 21.4 Å². The van der Waals surface area contributed by atoms with Gasteiger partial charge in [-0.1, -0.05) is 0 Å². The highest BCUT2D eigenvalue weighted by Gasteiger charge is 2.27. The molecule has 3 rings (SSSR count). The Bertz CT molecular complexity index is 1290. The molecule has 11 nitrogen and oxygen atoms in total. The van der Waals surface area contributed by atoms with Gasteiger partial charge >= 0.3 is 10.4 Å². The van der Waals surface area contributed by atoms with Crippen molar-refractivity contribution in [2.75, 3.05) is 21.3 Å². The SMILES string of the molecule is COc1ccc(-c2oc3cc(OC)c(OC)c(O)c3c(=O)c2OS(=O)(=O)O)cc1O. The van der Waals surface area contributed by atoms with Crippen molar-refractivity contribution in [1.82, 2.24) is 0 Å². The van der Waals surface area contributed by atoms with E-state index in [-0.39, 0.29) is 34.1 Å². The van der Waals surface area contributed by atoms with Crippen molar-refractivity contribution < 1.29 is 46.0 Å². The molecular formula is C18H16O11S. The number of benzene rings is 2. The van der Waals surface area contributed by atoms with Crippen molar-refractivity contribution in [3.8, 4) is 45.8 Å². The van der Waals surface area contributed by atoms with Gasteiger partial charge in [-0.15, -0.1) is 0 Å². The molecule has 0 unspecified atom stereocenters. The Hall–Kier alpha value is -3.64. The monoisotopic (exact) mass is 440 g/mol. The molecule has 0 aliphatic heterocycles. The van der Waals surface area contributed by atoms with E-state index in [9.17, 15) is 23.4 Å². The molecule has 0 bridgehead atoms. The number of fused-ring (bicyclic) bond motifs is 1. The molecule has 1 aromatic heterocycles. The van der Waals surface area contributed by atoms with Gasteiger partial charge in [0.1, 0.15) is 11.0 Å². The van der Waals surface area contributed by atoms with E-state index in [1.165, 1.54) is 39.5 Å². The van der Waals surface area contributed by atoms with Gasteiger partial charge in [-0.25, -0.2) is 0 Å². The largest absolute Gasteiger partial charge is 0.504 e. The minimum absolute atomic E-state index is 0.0141. The van der Waals surface area contributed by atoms with Crippen LogP contribution in [0.3, 0.4) is 0 Å². The summed E-state index contributed by atoms with van der Waals surface area (Å²) in [6, 6.07) is 5.04. The third-order valence-electron chi connectivity index (χ3n) is 4.09. The molecule has 0 saturated heterocycles. The van der Waals surface area contributed by atoms with Gasteiger partial charge in [0.25, 0.3) is 0 Å². The van der Waals surface area contributed by atoms with E-state index in [4.69, 9.17) is 23.2 Å². The lowest BCUT2D eigenvalue weighted by molar-refractivity contribution is 0.334. The Morgan fingerprint density at radius 2 is 1.60 bits per heavy atom. The van der Waals surface area contributed by atoms with Crippen LogP contribution in [0.2, 0.25) is 0 Å². The zero-order chi connectivity index (χ0) is 22.2. The summed E-state index contributed by atoms with van der Waals surface area (Å²) in [5.41, 5.74) is -1.32. The van der Waals surface area contributed by atoms with Gasteiger partial charge in [-0.05, 0) is 18.2 Å². The van der Waals surface area contributed by atoms with Crippen molar-refractivity contribution in [1.29, 1.82) is 0 Å². The molecule has 0 radical (unpaired) electrons. The fourth-order valence-electron chi connectivity index (χ4n) is 2.83. The Morgan fingerprint density at radius 1 is 0.933 bits per heavy atom. The predicted molar refractivity (Wildman–Crippen MR) is 103 cm³/mol. The number of rotatable bonds is 6. The second-order valence-corrected chi connectivity index (χ2v) is 6.84. The first-order valence-corrected chi connectivity index (χ1v) is 9.46. The Kier molecular flexibility index (Phi) is 5.37. The minimum atomic E-state index is -5.15. The van der Waals surface area contributed by atoms with Crippen LogP contribution in [0.15, 0.2) is 33.5 Å². The number of hydrogen-bond acceptors (Lipinski definition) is 10. The van der Waals surface area contributed by atoms with E-state index in [1.54, 1.807) is 0 Å². The van der Waals surface area contributed by atoms with Crippen LogP contribution in [-0.4, -0.2) is 44.5 Å². The molecule has 0 spiro atoms. The van der Waals surface area contributed by atoms with Crippen LogP contribution in [0.1, 0.15) is 0 Å². The van der Waals surface area contributed by atoms with Crippen molar-refractivity contribution in [2.45, 2.75) is 0 Å². The first kappa shape index (κ1) is 21.1. The van der Waals surface area contributed by atoms with E-state index in [2.05, 4.69) is 4.18 Å². The maximum Gasteiger partial charge on any atom is 0.446 e. The Balaban J connectivity index is 2.45. The lowest BCUT2D eigenvalue weighted by Crippen LogP contribution is -2.16. The zero-order valence-electron chi connectivity index (χ0n) is 15.8. The third-order valence-corrected chi connectivity index (χ3v) is 4.47. The molecule has 12 heteroatoms. The van der Waals surface area contributed by atoms with Gasteiger partial charge in [0.15, 0.2) is 28.8 Å². The minimum Gasteiger partial charge on any atom is -0.504 e. The molecule has 2 aromatic carbocycles. The summed E-state index contributed by atoms with van der Waals surface area (Å²) >= 11 is 0. The summed E-state index contributed by atoms with van der Waals surface area (Å²) in [4.78, 5) is 13.0. The average molecular weight is 440 g/mol. The normalized spacial score (nSPS) is 11.3. The van der Waals surface area contributed by atoms with E-state index >= 15 is 0 Å². The molecule has 0 fully saturated rings. The second-order valence-electron chi connectivity index (χ2n) is 5.82. The van der Waals surface area contributed by atoms with Gasteiger partial charge in [-0.3, -0.25) is 9.35 Å². The Morgan fingerprint density at radius 3 is 2.13 bits per heavy atom. The second kappa shape index (κ2) is 7.65. The van der Waals surface area contributed by atoms with Crippen LogP contribution in [0, 0.1) is 0 Å². The van der Waals surface area contributed by atoms with Crippen LogP contribution in [0.5, 0.6) is 34.5 Å². The van der Waals surface area contributed by atoms with Crippen LogP contribution in [0.4, 0.5) is 0 Å². The zero-order valence-corrected chi connectivity index (χ0v) is 16.6. The number of ether oxygens (including phenoxy) is 3. The lowest BCUT2D eigenvalue weighted by Gasteiger charge is -2.14. The molecule has 3 aromatic rings. The maximum absolute atomic E-state index is 13.0. The van der Waals surface area contributed by atoms with Crippen LogP contribution in [-0.2, 0) is 10.4 Å².